The van der Waals surface area contributed by atoms with E-state index in [0.717, 1.165) is 24.6 Å². The number of nitrogens with one attached hydrogen (secondary N) is 2. The molecule has 0 amide bonds. The van der Waals surface area contributed by atoms with Gasteiger partial charge in [-0.3, -0.25) is 14.1 Å². The summed E-state index contributed by atoms with van der Waals surface area (Å²) in [6.07, 6.45) is 2.45. The van der Waals surface area contributed by atoms with Gasteiger partial charge in [-0.05, 0) is 49.4 Å². The summed E-state index contributed by atoms with van der Waals surface area (Å²) in [7, 11) is 3.14. The molecule has 2 aromatic rings. The number of piperidine rings is 1. The summed E-state index contributed by atoms with van der Waals surface area (Å²) in [6, 6.07) is 14.9. The number of rotatable bonds is 8. The molecule has 3 rings (SSSR count). The number of nitrogens with zero attached hydrogens (tertiary/aromatic N) is 2. The smallest absolute Gasteiger partial charge is 0.191 e. The van der Waals surface area contributed by atoms with Crippen LogP contribution < -0.4 is 10.6 Å². The molecule has 0 bridgehead atoms. The van der Waals surface area contributed by atoms with Crippen LogP contribution in [0.3, 0.4) is 0 Å². The van der Waals surface area contributed by atoms with Crippen LogP contribution in [0.4, 0.5) is 0 Å². The van der Waals surface area contributed by atoms with E-state index in [9.17, 15) is 4.21 Å². The average Bonchev–Trinajstić information content (AvgIpc) is 3.25. The van der Waals surface area contributed by atoms with Gasteiger partial charge in [-0.15, -0.1) is 11.3 Å². The van der Waals surface area contributed by atoms with E-state index in [4.69, 9.17) is 0 Å². The second kappa shape index (κ2) is 11.5. The minimum absolute atomic E-state index is 0.465. The van der Waals surface area contributed by atoms with Gasteiger partial charge < -0.3 is 10.6 Å². The van der Waals surface area contributed by atoms with Gasteiger partial charge in [0, 0.05) is 53.4 Å². The number of guanidine groups is 1. The van der Waals surface area contributed by atoms with Crippen LogP contribution in [0.25, 0.3) is 0 Å². The Morgan fingerprint density at radius 2 is 2.07 bits per heavy atom. The van der Waals surface area contributed by atoms with Gasteiger partial charge in [0.2, 0.25) is 0 Å². The second-order valence-electron chi connectivity index (χ2n) is 7.50. The number of benzene rings is 1. The number of hydrogen-bond acceptors (Lipinski definition) is 4. The molecule has 5 nitrogen and oxygen atoms in total. The minimum atomic E-state index is -0.879. The van der Waals surface area contributed by atoms with Gasteiger partial charge in [-0.1, -0.05) is 36.4 Å². The standard InChI is InChI=1S/C22H32N4OS2/c1-23-22(24-12-15-29(27)17-18-8-4-3-5-9-18)25-16-19-10-6-13-26(2)21(19)20-11-7-14-28-20/h3-5,7-9,11,14,19,21H,6,10,12-13,15-17H2,1-2H3,(H2,23,24,25). The SMILES string of the molecule is CN=C(NCCS(=O)Cc1ccccc1)NCC1CCCN(C)C1c1cccs1. The first kappa shape index (κ1) is 22.0. The van der Waals surface area contributed by atoms with Crippen molar-refractivity contribution < 1.29 is 4.21 Å². The summed E-state index contributed by atoms with van der Waals surface area (Å²) in [5.41, 5.74) is 1.12. The summed E-state index contributed by atoms with van der Waals surface area (Å²) in [6.45, 7) is 2.69. The molecular formula is C22H32N4OS2. The van der Waals surface area contributed by atoms with Crippen molar-refractivity contribution in [2.75, 3.05) is 39.5 Å². The zero-order chi connectivity index (χ0) is 20.5. The molecule has 3 unspecified atom stereocenters. The quantitative estimate of drug-likeness (QED) is 0.497. The first-order valence-corrected chi connectivity index (χ1v) is 12.6. The Morgan fingerprint density at radius 3 is 2.79 bits per heavy atom. The Kier molecular flexibility index (Phi) is 8.70. The minimum Gasteiger partial charge on any atom is -0.356 e. The Morgan fingerprint density at radius 1 is 1.24 bits per heavy atom. The maximum atomic E-state index is 12.3. The highest BCUT2D eigenvalue weighted by atomic mass is 32.2. The van der Waals surface area contributed by atoms with Crippen molar-refractivity contribution in [1.82, 2.24) is 15.5 Å². The molecule has 0 spiro atoms. The van der Waals surface area contributed by atoms with Crippen molar-refractivity contribution in [2.45, 2.75) is 24.6 Å². The van der Waals surface area contributed by atoms with Crippen LogP contribution in [0.1, 0.15) is 29.3 Å². The highest BCUT2D eigenvalue weighted by molar-refractivity contribution is 7.84. The van der Waals surface area contributed by atoms with E-state index >= 15 is 0 Å². The maximum Gasteiger partial charge on any atom is 0.191 e. The molecule has 2 N–H and O–H groups in total. The van der Waals surface area contributed by atoms with E-state index in [0.29, 0.717) is 30.0 Å². The van der Waals surface area contributed by atoms with E-state index in [1.54, 1.807) is 7.05 Å². The summed E-state index contributed by atoms with van der Waals surface area (Å²) >= 11 is 1.85. The maximum absolute atomic E-state index is 12.3. The molecule has 1 aromatic heterocycles. The molecule has 1 saturated heterocycles. The van der Waals surface area contributed by atoms with Crippen LogP contribution in [0, 0.1) is 5.92 Å². The number of thiophene rings is 1. The lowest BCUT2D eigenvalue weighted by Gasteiger charge is -2.39. The summed E-state index contributed by atoms with van der Waals surface area (Å²) < 4.78 is 12.3. The zero-order valence-corrected chi connectivity index (χ0v) is 19.0. The van der Waals surface area contributed by atoms with E-state index in [1.807, 2.05) is 41.7 Å². The summed E-state index contributed by atoms with van der Waals surface area (Å²) in [5.74, 6) is 2.56. The van der Waals surface area contributed by atoms with Crippen LogP contribution in [-0.2, 0) is 16.6 Å². The molecular weight excluding hydrogens is 400 g/mol. The highest BCUT2D eigenvalue weighted by Gasteiger charge is 2.31. The molecule has 1 fully saturated rings. The van der Waals surface area contributed by atoms with E-state index in [-0.39, 0.29) is 0 Å². The van der Waals surface area contributed by atoms with Crippen LogP contribution in [-0.4, -0.2) is 54.6 Å². The van der Waals surface area contributed by atoms with Crippen molar-refractivity contribution >= 4 is 28.1 Å². The first-order chi connectivity index (χ1) is 14.2. The molecule has 3 atom stereocenters. The number of aliphatic imine (C=N–C) groups is 1. The Labute approximate surface area is 181 Å². The van der Waals surface area contributed by atoms with Crippen LogP contribution in [0.5, 0.6) is 0 Å². The lowest BCUT2D eigenvalue weighted by Crippen LogP contribution is -2.45. The first-order valence-electron chi connectivity index (χ1n) is 10.2. The third-order valence-electron chi connectivity index (χ3n) is 5.39. The van der Waals surface area contributed by atoms with Gasteiger partial charge in [0.15, 0.2) is 5.96 Å². The zero-order valence-electron chi connectivity index (χ0n) is 17.3. The van der Waals surface area contributed by atoms with Crippen molar-refractivity contribution in [3.8, 4) is 0 Å². The fourth-order valence-electron chi connectivity index (χ4n) is 3.95. The third-order valence-corrected chi connectivity index (χ3v) is 7.65. The van der Waals surface area contributed by atoms with Gasteiger partial charge in [-0.25, -0.2) is 0 Å². The van der Waals surface area contributed by atoms with Gasteiger partial charge in [-0.2, -0.15) is 0 Å². The van der Waals surface area contributed by atoms with Gasteiger partial charge >= 0.3 is 0 Å². The monoisotopic (exact) mass is 432 g/mol. The molecule has 2 heterocycles. The summed E-state index contributed by atoms with van der Waals surface area (Å²) in [5, 5.41) is 8.98. The predicted octanol–water partition coefficient (Wildman–Crippen LogP) is 3.24. The number of likely N-dealkylation sites (tertiary alicyclic amines) is 1. The van der Waals surface area contributed by atoms with Gasteiger partial charge in [0.25, 0.3) is 0 Å². The third kappa shape index (κ3) is 6.66. The fourth-order valence-corrected chi connectivity index (χ4v) is 5.97. The van der Waals surface area contributed by atoms with Crippen molar-refractivity contribution in [3.63, 3.8) is 0 Å². The number of hydrogen-bond donors (Lipinski definition) is 2. The predicted molar refractivity (Wildman–Crippen MR) is 125 cm³/mol. The largest absolute Gasteiger partial charge is 0.356 e. The van der Waals surface area contributed by atoms with Gasteiger partial charge in [0.1, 0.15) is 0 Å². The fraction of sp³-hybridized carbons (Fsp3) is 0.500. The lowest BCUT2D eigenvalue weighted by molar-refractivity contribution is 0.125. The normalized spacial score (nSPS) is 21.7. The van der Waals surface area contributed by atoms with E-state index in [1.165, 1.54) is 17.7 Å². The van der Waals surface area contributed by atoms with Gasteiger partial charge in [0.05, 0.1) is 0 Å². The second-order valence-corrected chi connectivity index (χ2v) is 10.1. The van der Waals surface area contributed by atoms with Crippen molar-refractivity contribution in [1.29, 1.82) is 0 Å². The molecule has 29 heavy (non-hydrogen) atoms. The topological polar surface area (TPSA) is 56.7 Å². The van der Waals surface area contributed by atoms with Crippen LogP contribution in [0.15, 0.2) is 52.8 Å². The van der Waals surface area contributed by atoms with Crippen LogP contribution >= 0.6 is 11.3 Å². The molecule has 1 aliphatic rings. The Balaban J connectivity index is 1.44. The Hall–Kier alpha value is -1.70. The molecule has 1 aliphatic heterocycles. The van der Waals surface area contributed by atoms with E-state index in [2.05, 4.69) is 45.1 Å². The van der Waals surface area contributed by atoms with E-state index < -0.39 is 10.8 Å². The van der Waals surface area contributed by atoms with Crippen molar-refractivity contribution in [2.24, 2.45) is 10.9 Å². The summed E-state index contributed by atoms with van der Waals surface area (Å²) in [4.78, 5) is 8.26. The van der Waals surface area contributed by atoms with Crippen molar-refractivity contribution in [3.05, 3.63) is 58.3 Å². The van der Waals surface area contributed by atoms with Crippen LogP contribution in [0.2, 0.25) is 0 Å². The average molecular weight is 433 g/mol. The molecule has 7 heteroatoms. The molecule has 158 valence electrons. The Bertz CT molecular complexity index is 779. The molecule has 0 saturated carbocycles. The highest BCUT2D eigenvalue weighted by Crippen LogP contribution is 2.36. The molecule has 0 radical (unpaired) electrons. The lowest BCUT2D eigenvalue weighted by atomic mass is 9.88. The molecule has 0 aliphatic carbocycles. The molecule has 1 aromatic carbocycles.